The first-order chi connectivity index (χ1) is 28.7. The Kier molecular flexibility index (Phi) is 17.4. The van der Waals surface area contributed by atoms with Crippen LogP contribution < -0.4 is 4.90 Å². The van der Waals surface area contributed by atoms with Crippen molar-refractivity contribution in [3.8, 4) is 0 Å². The van der Waals surface area contributed by atoms with Crippen LogP contribution >= 0.6 is 50.5 Å². The minimum absolute atomic E-state index is 0.0465. The van der Waals surface area contributed by atoms with Crippen molar-refractivity contribution in [2.24, 2.45) is 0 Å². The molecule has 0 spiro atoms. The van der Waals surface area contributed by atoms with Gasteiger partial charge in [-0.15, -0.1) is 6.67 Å². The van der Waals surface area contributed by atoms with Crippen LogP contribution in [-0.2, 0) is 13.5 Å². The zero-order valence-electron chi connectivity index (χ0n) is 35.7. The van der Waals surface area contributed by atoms with E-state index in [0.717, 1.165) is 9.79 Å². The Labute approximate surface area is 381 Å². The summed E-state index contributed by atoms with van der Waals surface area (Å²) in [6, 6.07) is 23.5. The van der Waals surface area contributed by atoms with Crippen molar-refractivity contribution in [1.82, 2.24) is 4.90 Å². The number of hydrogen-bond acceptors (Lipinski definition) is 2. The Morgan fingerprint density at radius 1 is 0.576 bits per heavy atom. The number of rotatable bonds is 6. The Morgan fingerprint density at radius 3 is 1.53 bits per heavy atom. The number of anilines is 1. The van der Waals surface area contributed by atoms with Gasteiger partial charge in [-0.05, 0) is 122 Å². The maximum atomic E-state index is 6.56. The summed E-state index contributed by atoms with van der Waals surface area (Å²) in [5.74, 6) is 0. The van der Waals surface area contributed by atoms with E-state index in [0.29, 0.717) is 16.4 Å². The molecule has 3 aromatic rings. The summed E-state index contributed by atoms with van der Waals surface area (Å²) >= 11 is 11.2. The molecule has 0 aromatic heterocycles. The van der Waals surface area contributed by atoms with Crippen molar-refractivity contribution in [3.63, 3.8) is 0 Å². The van der Waals surface area contributed by atoms with E-state index in [1.165, 1.54) is 88.0 Å². The van der Waals surface area contributed by atoms with Gasteiger partial charge in [-0.1, -0.05) is 79.4 Å². The number of aryl methyl sites for hydroxylation is 3. The van der Waals surface area contributed by atoms with E-state index >= 15 is 0 Å². The zero-order valence-corrected chi connectivity index (χ0v) is 41.5. The van der Waals surface area contributed by atoms with E-state index in [1.54, 1.807) is 96.3 Å². The third-order valence-corrected chi connectivity index (χ3v) is 22.4. The van der Waals surface area contributed by atoms with Crippen LogP contribution in [0.4, 0.5) is 5.69 Å². The molecule has 1 heterocycles. The molecule has 0 saturated heterocycles. The minimum atomic E-state index is -1.88. The standard InChI is InChI=1S/C18H23Cl2N2.C18H33P.C15H10.2ClH.Ru/c1-12-9-13(2)16(14(3)10-12)22-11-21(17(19)18(22)20)15-7-5-4-6-8-15;1-4-10-16(11-5-1)19(17-12-6-2-7-13-17)18-14-8-3-9-15-18;1-2-6-12(7-3-1)15-11-10-13-8-4-5-9-14(13)15;;;/h9-11,15H,4-8H2,1-3H3;16-18H,1-15H2;1-9,11H;2*1H;/q-1;;;;;+2/p-1. The van der Waals surface area contributed by atoms with E-state index in [2.05, 4.69) is 80.9 Å². The van der Waals surface area contributed by atoms with Gasteiger partial charge in [-0.2, -0.15) is 0 Å². The molecule has 322 valence electrons. The first kappa shape index (κ1) is 45.8. The third-order valence-electron chi connectivity index (χ3n) is 13.9. The molecule has 6 aliphatic rings. The van der Waals surface area contributed by atoms with Gasteiger partial charge in [0.15, 0.2) is 0 Å². The fraction of sp³-hybridized carbons (Fsp3) is 0.529. The first-order valence-corrected chi connectivity index (χ1v) is 30.7. The average Bonchev–Trinajstić information content (AvgIpc) is 3.80. The summed E-state index contributed by atoms with van der Waals surface area (Å²) in [5, 5.41) is 1.27. The van der Waals surface area contributed by atoms with E-state index in [4.69, 9.17) is 42.6 Å². The molecular weight excluding hydrogens is 914 g/mol. The number of hydrogen-bond donors (Lipinski definition) is 0. The maximum absolute atomic E-state index is 6.56. The van der Waals surface area contributed by atoms with Crippen molar-refractivity contribution in [2.45, 2.75) is 172 Å². The van der Waals surface area contributed by atoms with Gasteiger partial charge in [-0.3, -0.25) is 0 Å². The molecule has 0 atom stereocenters. The summed E-state index contributed by atoms with van der Waals surface area (Å²) in [6.45, 7) is 8.47. The molecule has 1 aliphatic heterocycles. The molecule has 0 amide bonds. The SMILES string of the molecule is C1CCC([PH+](C2CCCCC2)C2CCCCC2)CC1.Cc1cc(C)c(N2[CH-]N(C3CCCCC3)C(Cl)=C2Cl)c(C)c1.[Cl][Ru]([Cl])=[C]1C=C(c2ccccc2)c2ccccc21. The average molecular weight is 982 g/mol. The normalized spacial score (nSPS) is 21.2. The number of allylic oxidation sites excluding steroid dienone is 1. The van der Waals surface area contributed by atoms with Crippen LogP contribution in [0.25, 0.3) is 5.57 Å². The predicted octanol–water partition coefficient (Wildman–Crippen LogP) is 16.6. The van der Waals surface area contributed by atoms with Gasteiger partial charge in [0.05, 0.1) is 17.0 Å². The number of fused-ring (bicyclic) bond motifs is 1. The fourth-order valence-corrected chi connectivity index (χ4v) is 19.4. The van der Waals surface area contributed by atoms with Gasteiger partial charge < -0.3 is 9.80 Å². The summed E-state index contributed by atoms with van der Waals surface area (Å²) in [4.78, 5) is 4.21. The van der Waals surface area contributed by atoms with Crippen LogP contribution in [0.15, 0.2) is 83.1 Å². The molecule has 2 nitrogen and oxygen atoms in total. The van der Waals surface area contributed by atoms with Crippen LogP contribution in [0, 0.1) is 27.4 Å². The molecule has 4 saturated carbocycles. The molecule has 4 fully saturated rings. The van der Waals surface area contributed by atoms with Crippen LogP contribution in [-0.4, -0.2) is 32.0 Å². The van der Waals surface area contributed by atoms with Crippen molar-refractivity contribution in [2.75, 3.05) is 4.90 Å². The Bertz CT molecular complexity index is 1870. The van der Waals surface area contributed by atoms with Crippen LogP contribution in [0.1, 0.15) is 162 Å². The molecule has 0 unspecified atom stereocenters. The van der Waals surface area contributed by atoms with Gasteiger partial charge in [-0.25, -0.2) is 0 Å². The number of benzene rings is 3. The zero-order chi connectivity index (χ0) is 41.3. The quantitative estimate of drug-likeness (QED) is 0.105. The van der Waals surface area contributed by atoms with E-state index in [9.17, 15) is 0 Å². The molecule has 59 heavy (non-hydrogen) atoms. The van der Waals surface area contributed by atoms with Gasteiger partial charge >= 0.3 is 120 Å². The van der Waals surface area contributed by atoms with E-state index in [-0.39, 0.29) is 7.92 Å². The van der Waals surface area contributed by atoms with Gasteiger partial charge in [0.1, 0.15) is 10.3 Å². The second-order valence-corrected chi connectivity index (χ2v) is 28.0. The second kappa shape index (κ2) is 22.4. The first-order valence-electron chi connectivity index (χ1n) is 22.9. The fourth-order valence-electron chi connectivity index (χ4n) is 11.2. The molecule has 0 radical (unpaired) electrons. The Balaban J connectivity index is 0.000000135. The monoisotopic (exact) mass is 980 g/mol. The van der Waals surface area contributed by atoms with Crippen molar-refractivity contribution >= 4 is 65.9 Å². The Hall–Kier alpha value is -1.18. The van der Waals surface area contributed by atoms with Crippen LogP contribution in [0.2, 0.25) is 0 Å². The molecule has 9 rings (SSSR count). The molecule has 8 heteroatoms. The summed E-state index contributed by atoms with van der Waals surface area (Å²) in [5.41, 5.74) is 13.4. The summed E-state index contributed by atoms with van der Waals surface area (Å²) < 4.78 is 1.12. The Morgan fingerprint density at radius 2 is 1.03 bits per heavy atom. The van der Waals surface area contributed by atoms with Gasteiger partial charge in [0, 0.05) is 19.7 Å². The summed E-state index contributed by atoms with van der Waals surface area (Å²) in [7, 11) is 12.3. The number of halogens is 4. The van der Waals surface area contributed by atoms with Crippen molar-refractivity contribution in [1.29, 1.82) is 0 Å². The van der Waals surface area contributed by atoms with Gasteiger partial charge in [0.2, 0.25) is 0 Å². The molecule has 5 aliphatic carbocycles. The van der Waals surface area contributed by atoms with Crippen molar-refractivity contribution < 1.29 is 13.5 Å². The molecule has 0 N–H and O–H groups in total. The van der Waals surface area contributed by atoms with Crippen molar-refractivity contribution in [3.05, 3.63) is 123 Å². The van der Waals surface area contributed by atoms with Crippen LogP contribution in [0.5, 0.6) is 0 Å². The molecular formula is C51H67Cl4N2PRu. The van der Waals surface area contributed by atoms with E-state index in [1.807, 2.05) is 29.2 Å². The van der Waals surface area contributed by atoms with Crippen LogP contribution in [0.3, 0.4) is 0 Å². The molecule has 0 bridgehead atoms. The third kappa shape index (κ3) is 11.5. The number of nitrogens with zero attached hydrogens (tertiary/aromatic N) is 2. The summed E-state index contributed by atoms with van der Waals surface area (Å²) in [6.07, 6.45) is 32.2. The van der Waals surface area contributed by atoms with E-state index < -0.39 is 13.5 Å². The van der Waals surface area contributed by atoms with Gasteiger partial charge in [0.25, 0.3) is 0 Å². The topological polar surface area (TPSA) is 6.48 Å². The second-order valence-electron chi connectivity index (χ2n) is 18.0. The molecule has 3 aromatic carbocycles. The predicted molar refractivity (Wildman–Crippen MR) is 260 cm³/mol.